The van der Waals surface area contributed by atoms with E-state index in [9.17, 15) is 0 Å². The van der Waals surface area contributed by atoms with Gasteiger partial charge >= 0.3 is 0 Å². The monoisotopic (exact) mass is 482 g/mol. The van der Waals surface area contributed by atoms with E-state index in [0.29, 0.717) is 11.6 Å². The zero-order valence-corrected chi connectivity index (χ0v) is 20.9. The van der Waals surface area contributed by atoms with Crippen molar-refractivity contribution >= 4 is 22.5 Å². The van der Waals surface area contributed by atoms with Crippen LogP contribution in [0.5, 0.6) is 0 Å². The number of hydrogen-bond acceptors (Lipinski definition) is 8. The lowest BCUT2D eigenvalue weighted by molar-refractivity contribution is 0.393. The molecule has 1 aromatic carbocycles. The van der Waals surface area contributed by atoms with Crippen LogP contribution in [0, 0.1) is 20.8 Å². The Balaban J connectivity index is 1.57. The summed E-state index contributed by atoms with van der Waals surface area (Å²) in [4.78, 5) is 17.6. The third-order valence-corrected chi connectivity index (χ3v) is 6.14. The zero-order valence-electron chi connectivity index (χ0n) is 20.9. The van der Waals surface area contributed by atoms with Crippen molar-refractivity contribution in [1.29, 1.82) is 0 Å². The number of anilines is 2. The second-order valence-electron chi connectivity index (χ2n) is 8.81. The molecule has 5 aromatic rings. The average Bonchev–Trinajstić information content (AvgIpc) is 3.49. The summed E-state index contributed by atoms with van der Waals surface area (Å²) in [5.74, 6) is 2.07. The molecule has 0 aliphatic rings. The maximum atomic E-state index is 5.47. The van der Waals surface area contributed by atoms with Crippen molar-refractivity contribution in [2.45, 2.75) is 27.3 Å². The number of nitrogens with one attached hydrogen (secondary N) is 4. The van der Waals surface area contributed by atoms with Crippen LogP contribution < -0.4 is 16.0 Å². The lowest BCUT2D eigenvalue weighted by Gasteiger charge is -2.15. The van der Waals surface area contributed by atoms with Crippen LogP contribution in [0.3, 0.4) is 0 Å². The van der Waals surface area contributed by atoms with Crippen LogP contribution in [-0.4, -0.2) is 45.2 Å². The lowest BCUT2D eigenvalue weighted by Crippen LogP contribution is -2.24. The fourth-order valence-electron chi connectivity index (χ4n) is 4.24. The number of aromatic amines is 1. The van der Waals surface area contributed by atoms with Crippen LogP contribution in [0.2, 0.25) is 0 Å². The molecule has 0 saturated carbocycles. The number of aromatic nitrogens is 5. The van der Waals surface area contributed by atoms with Crippen LogP contribution in [-0.2, 0) is 6.54 Å². The molecular weight excluding hydrogens is 452 g/mol. The van der Waals surface area contributed by atoms with Gasteiger partial charge in [0.25, 0.3) is 0 Å². The number of rotatable bonds is 9. The van der Waals surface area contributed by atoms with E-state index in [0.717, 1.165) is 70.2 Å². The van der Waals surface area contributed by atoms with Crippen molar-refractivity contribution in [2.24, 2.45) is 0 Å². The molecule has 0 aliphatic heterocycles. The highest BCUT2D eigenvalue weighted by Crippen LogP contribution is 2.34. The number of hydrogen-bond donors (Lipinski definition) is 4. The van der Waals surface area contributed by atoms with E-state index in [1.54, 1.807) is 6.20 Å². The molecule has 5 rings (SSSR count). The van der Waals surface area contributed by atoms with Gasteiger partial charge in [-0.15, -0.1) is 0 Å². The van der Waals surface area contributed by atoms with E-state index in [2.05, 4.69) is 43.2 Å². The Morgan fingerprint density at radius 3 is 2.72 bits per heavy atom. The summed E-state index contributed by atoms with van der Waals surface area (Å²) in [6, 6.07) is 12.4. The third kappa shape index (κ3) is 4.84. The second-order valence-corrected chi connectivity index (χ2v) is 8.81. The molecular formula is C27H30N8O. The van der Waals surface area contributed by atoms with Gasteiger partial charge in [-0.05, 0) is 51.6 Å². The molecule has 0 radical (unpaired) electrons. The van der Waals surface area contributed by atoms with Crippen molar-refractivity contribution in [1.82, 2.24) is 35.7 Å². The molecule has 9 heteroatoms. The minimum Gasteiger partial charge on any atom is -0.361 e. The van der Waals surface area contributed by atoms with E-state index in [-0.39, 0.29) is 0 Å². The molecule has 184 valence electrons. The summed E-state index contributed by atoms with van der Waals surface area (Å²) in [6.07, 6.45) is 3.68. The van der Waals surface area contributed by atoms with E-state index in [4.69, 9.17) is 14.5 Å². The van der Waals surface area contributed by atoms with Gasteiger partial charge in [-0.1, -0.05) is 23.4 Å². The number of pyridine rings is 1. The van der Waals surface area contributed by atoms with Gasteiger partial charge < -0.3 is 25.5 Å². The minimum absolute atomic E-state index is 0.630. The Morgan fingerprint density at radius 1 is 1.03 bits per heavy atom. The van der Waals surface area contributed by atoms with E-state index in [1.807, 2.05) is 58.3 Å². The van der Waals surface area contributed by atoms with Crippen LogP contribution >= 0.6 is 0 Å². The second kappa shape index (κ2) is 10.3. The van der Waals surface area contributed by atoms with Crippen LogP contribution in [0.4, 0.5) is 11.5 Å². The molecule has 36 heavy (non-hydrogen) atoms. The number of aryl methyl sites for hydroxylation is 2. The van der Waals surface area contributed by atoms with E-state index in [1.165, 1.54) is 5.56 Å². The minimum atomic E-state index is 0.630. The molecule has 0 unspecified atom stereocenters. The van der Waals surface area contributed by atoms with Crippen LogP contribution in [0.15, 0.2) is 53.3 Å². The average molecular weight is 483 g/mol. The summed E-state index contributed by atoms with van der Waals surface area (Å²) in [5, 5.41) is 15.3. The van der Waals surface area contributed by atoms with Crippen molar-refractivity contribution in [3.05, 3.63) is 71.4 Å². The lowest BCUT2D eigenvalue weighted by atomic mass is 10.0. The van der Waals surface area contributed by atoms with Gasteiger partial charge in [0.05, 0.1) is 28.8 Å². The molecule has 0 atom stereocenters. The van der Waals surface area contributed by atoms with Crippen LogP contribution in [0.25, 0.3) is 33.7 Å². The van der Waals surface area contributed by atoms with Crippen molar-refractivity contribution in [3.8, 4) is 22.6 Å². The van der Waals surface area contributed by atoms with Crippen molar-refractivity contribution in [3.63, 3.8) is 0 Å². The molecule has 9 nitrogen and oxygen atoms in total. The fraction of sp³-hybridized carbons (Fsp3) is 0.259. The Morgan fingerprint density at radius 2 is 1.92 bits per heavy atom. The topological polar surface area (TPSA) is 117 Å². The van der Waals surface area contributed by atoms with Gasteiger partial charge in [0, 0.05) is 42.3 Å². The number of H-pyrrole nitrogens is 1. The first-order chi connectivity index (χ1) is 17.5. The standard InChI is InChI=1S/C27H30N8O/c1-16-24(23-17(2)35-36-18(23)3)33-27(20-7-5-6-19(12-20)14-29-11-10-28-4)34-25(16)32-22-13-21-8-9-30-26(21)31-15-22/h5-9,12-13,15,28-29H,10-11,14H2,1-4H3,(H,30,31)(H,32,33,34). The Labute approximate surface area is 209 Å². The largest absolute Gasteiger partial charge is 0.361 e. The maximum Gasteiger partial charge on any atom is 0.162 e. The van der Waals surface area contributed by atoms with Crippen molar-refractivity contribution < 1.29 is 4.52 Å². The molecule has 0 fully saturated rings. The summed E-state index contributed by atoms with van der Waals surface area (Å²) in [5.41, 5.74) is 7.20. The zero-order chi connectivity index (χ0) is 25.1. The molecule has 0 bridgehead atoms. The van der Waals surface area contributed by atoms with Gasteiger partial charge in [0.1, 0.15) is 17.2 Å². The Hall–Kier alpha value is -4.08. The molecule has 0 saturated heterocycles. The fourth-order valence-corrected chi connectivity index (χ4v) is 4.24. The third-order valence-electron chi connectivity index (χ3n) is 6.14. The molecule has 0 spiro atoms. The van der Waals surface area contributed by atoms with Gasteiger partial charge in [-0.2, -0.15) is 0 Å². The highest BCUT2D eigenvalue weighted by atomic mass is 16.5. The molecule has 4 heterocycles. The predicted molar refractivity (Wildman–Crippen MR) is 142 cm³/mol. The van der Waals surface area contributed by atoms with Gasteiger partial charge in [0.2, 0.25) is 0 Å². The first-order valence-corrected chi connectivity index (χ1v) is 12.0. The number of benzene rings is 1. The Kier molecular flexibility index (Phi) is 6.75. The number of likely N-dealkylation sites (N-methyl/N-ethyl adjacent to an activating group) is 1. The smallest absolute Gasteiger partial charge is 0.162 e. The Bertz CT molecular complexity index is 1480. The van der Waals surface area contributed by atoms with Gasteiger partial charge in [-0.3, -0.25) is 0 Å². The summed E-state index contributed by atoms with van der Waals surface area (Å²) >= 11 is 0. The van der Waals surface area contributed by atoms with E-state index < -0.39 is 0 Å². The summed E-state index contributed by atoms with van der Waals surface area (Å²) in [7, 11) is 1.95. The molecule has 4 N–H and O–H groups in total. The predicted octanol–water partition coefficient (Wildman–Crippen LogP) is 4.65. The highest BCUT2D eigenvalue weighted by Gasteiger charge is 2.20. The van der Waals surface area contributed by atoms with E-state index >= 15 is 0 Å². The summed E-state index contributed by atoms with van der Waals surface area (Å²) in [6.45, 7) is 8.43. The quantitative estimate of drug-likeness (QED) is 0.224. The summed E-state index contributed by atoms with van der Waals surface area (Å²) < 4.78 is 5.47. The van der Waals surface area contributed by atoms with Crippen molar-refractivity contribution in [2.75, 3.05) is 25.5 Å². The first kappa shape index (κ1) is 23.7. The van der Waals surface area contributed by atoms with Gasteiger partial charge in [0.15, 0.2) is 5.82 Å². The number of nitrogens with zero attached hydrogens (tertiary/aromatic N) is 4. The molecule has 0 amide bonds. The normalized spacial score (nSPS) is 11.3. The molecule has 0 aliphatic carbocycles. The highest BCUT2D eigenvalue weighted by molar-refractivity contribution is 5.81. The van der Waals surface area contributed by atoms with Crippen LogP contribution in [0.1, 0.15) is 22.6 Å². The molecule has 4 aromatic heterocycles. The van der Waals surface area contributed by atoms with Gasteiger partial charge in [-0.25, -0.2) is 15.0 Å². The first-order valence-electron chi connectivity index (χ1n) is 12.0. The SMILES string of the molecule is CNCCNCc1cccc(-c2nc(Nc3cnc4[nH]ccc4c3)c(C)c(-c3c(C)noc3C)n2)c1. The maximum absolute atomic E-state index is 5.47. The number of fused-ring (bicyclic) bond motifs is 1.